The van der Waals surface area contributed by atoms with Crippen molar-refractivity contribution in [3.05, 3.63) is 65.2 Å². The van der Waals surface area contributed by atoms with E-state index in [4.69, 9.17) is 9.73 Å². The molecule has 2 aromatic carbocycles. The number of imide groups is 1. The van der Waals surface area contributed by atoms with Crippen LogP contribution in [-0.2, 0) is 27.1 Å². The maximum absolute atomic E-state index is 13.3. The van der Waals surface area contributed by atoms with E-state index in [1.807, 2.05) is 12.1 Å². The minimum absolute atomic E-state index is 0.153. The molecule has 0 unspecified atom stereocenters. The van der Waals surface area contributed by atoms with Crippen molar-refractivity contribution in [1.82, 2.24) is 4.90 Å². The lowest BCUT2D eigenvalue weighted by Crippen LogP contribution is -2.50. The second-order valence-electron chi connectivity index (χ2n) is 8.25. The summed E-state index contributed by atoms with van der Waals surface area (Å²) in [6.07, 6.45) is -1.68. The number of methoxy groups -OCH3 is 1. The third-order valence-electron chi connectivity index (χ3n) is 5.97. The Morgan fingerprint density at radius 3 is 2.48 bits per heavy atom. The highest BCUT2D eigenvalue weighted by Gasteiger charge is 2.51. The number of rotatable bonds is 6. The summed E-state index contributed by atoms with van der Waals surface area (Å²) in [5.74, 6) is -0.999. The molecule has 1 N–H and O–H groups in total. The number of alkyl halides is 3. The number of ether oxygens (including phenoxy) is 1. The van der Waals surface area contributed by atoms with E-state index >= 15 is 0 Å². The molecule has 1 fully saturated rings. The van der Waals surface area contributed by atoms with Gasteiger partial charge in [-0.2, -0.15) is 13.2 Å². The molecule has 174 valence electrons. The predicted molar refractivity (Wildman–Crippen MR) is 117 cm³/mol. The molecule has 2 amide bonds. The average Bonchev–Trinajstić information content (AvgIpc) is 3.37. The van der Waals surface area contributed by atoms with E-state index in [0.29, 0.717) is 25.0 Å². The lowest BCUT2D eigenvalue weighted by atomic mass is 10.1. The van der Waals surface area contributed by atoms with E-state index in [1.165, 1.54) is 17.0 Å². The second kappa shape index (κ2) is 8.97. The van der Waals surface area contributed by atoms with Gasteiger partial charge in [-0.3, -0.25) is 14.6 Å². The minimum Gasteiger partial charge on any atom is -0.380 e. The van der Waals surface area contributed by atoms with Crippen LogP contribution in [-0.4, -0.2) is 41.7 Å². The van der Waals surface area contributed by atoms with Crippen LogP contribution in [0, 0.1) is 0 Å². The van der Waals surface area contributed by atoms with Crippen LogP contribution < -0.4 is 5.32 Å². The Bertz CT molecular complexity index is 1070. The summed E-state index contributed by atoms with van der Waals surface area (Å²) >= 11 is 0. The summed E-state index contributed by atoms with van der Waals surface area (Å²) < 4.78 is 44.0. The van der Waals surface area contributed by atoms with Crippen molar-refractivity contribution in [1.29, 1.82) is 0 Å². The predicted octanol–water partition coefficient (Wildman–Crippen LogP) is 4.39. The standard InChI is InChI=1S/C24H24F3N3O3/c1-33-15-16-7-9-17(10-8-16)21-22(32)30(23(29-21)11-2-3-12-23)20(31)14-28-19-6-4-5-18(13-19)24(25,26)27/h4-10,13,28H,2-3,11-12,14-15H2,1H3. The molecule has 0 radical (unpaired) electrons. The SMILES string of the molecule is COCc1ccc(C2=NC3(CCCC3)N(C(=O)CNc3cccc(C(F)(F)F)c3)C2=O)cc1. The average molecular weight is 459 g/mol. The minimum atomic E-state index is -4.48. The fourth-order valence-electron chi connectivity index (χ4n) is 4.40. The van der Waals surface area contributed by atoms with Gasteiger partial charge in [-0.15, -0.1) is 0 Å². The zero-order valence-corrected chi connectivity index (χ0v) is 18.1. The van der Waals surface area contributed by atoms with E-state index in [2.05, 4.69) is 5.32 Å². The number of halogens is 3. The first-order valence-electron chi connectivity index (χ1n) is 10.7. The van der Waals surface area contributed by atoms with Crippen LogP contribution in [0.5, 0.6) is 0 Å². The number of benzene rings is 2. The van der Waals surface area contributed by atoms with Gasteiger partial charge in [-0.05, 0) is 49.4 Å². The quantitative estimate of drug-likeness (QED) is 0.696. The smallest absolute Gasteiger partial charge is 0.380 e. The zero-order valence-electron chi connectivity index (χ0n) is 18.1. The van der Waals surface area contributed by atoms with Crippen LogP contribution in [0.15, 0.2) is 53.5 Å². The molecule has 4 rings (SSSR count). The monoisotopic (exact) mass is 459 g/mol. The fraction of sp³-hybridized carbons (Fsp3) is 0.375. The lowest BCUT2D eigenvalue weighted by Gasteiger charge is -2.31. The molecule has 2 aliphatic rings. The number of nitrogens with one attached hydrogen (secondary N) is 1. The Hall–Kier alpha value is -3.20. The molecule has 0 saturated heterocycles. The Balaban J connectivity index is 1.53. The molecular weight excluding hydrogens is 435 g/mol. The highest BCUT2D eigenvalue weighted by atomic mass is 19.4. The maximum Gasteiger partial charge on any atom is 0.416 e. The van der Waals surface area contributed by atoms with Gasteiger partial charge in [0.1, 0.15) is 11.4 Å². The molecule has 1 aliphatic carbocycles. The van der Waals surface area contributed by atoms with Gasteiger partial charge < -0.3 is 10.1 Å². The van der Waals surface area contributed by atoms with Gasteiger partial charge in [0.15, 0.2) is 0 Å². The third kappa shape index (κ3) is 4.64. The summed E-state index contributed by atoms with van der Waals surface area (Å²) in [5.41, 5.74) is 0.207. The van der Waals surface area contributed by atoms with Gasteiger partial charge in [0.25, 0.3) is 11.8 Å². The largest absolute Gasteiger partial charge is 0.416 e. The summed E-state index contributed by atoms with van der Waals surface area (Å²) in [7, 11) is 1.60. The van der Waals surface area contributed by atoms with Crippen molar-refractivity contribution >= 4 is 23.2 Å². The van der Waals surface area contributed by atoms with E-state index in [9.17, 15) is 22.8 Å². The summed E-state index contributed by atoms with van der Waals surface area (Å²) in [5, 5.41) is 2.73. The molecule has 0 bridgehead atoms. The number of nitrogens with zero attached hydrogens (tertiary/aromatic N) is 2. The van der Waals surface area contributed by atoms with Gasteiger partial charge in [-0.25, -0.2) is 4.90 Å². The van der Waals surface area contributed by atoms with E-state index in [-0.39, 0.29) is 17.9 Å². The molecule has 9 heteroatoms. The third-order valence-corrected chi connectivity index (χ3v) is 5.97. The number of carbonyl (C=O) groups excluding carboxylic acids is 2. The van der Waals surface area contributed by atoms with Crippen LogP contribution in [0.25, 0.3) is 0 Å². The number of aliphatic imine (C=N–C) groups is 1. The second-order valence-corrected chi connectivity index (χ2v) is 8.25. The van der Waals surface area contributed by atoms with Gasteiger partial charge in [0.05, 0.1) is 18.7 Å². The van der Waals surface area contributed by atoms with Crippen LogP contribution in [0.4, 0.5) is 18.9 Å². The van der Waals surface area contributed by atoms with Crippen molar-refractivity contribution in [3.8, 4) is 0 Å². The van der Waals surface area contributed by atoms with Crippen LogP contribution in [0.2, 0.25) is 0 Å². The van der Waals surface area contributed by atoms with Gasteiger partial charge >= 0.3 is 6.18 Å². The zero-order chi connectivity index (χ0) is 23.6. The Labute approximate surface area is 189 Å². The Morgan fingerprint density at radius 2 is 1.85 bits per heavy atom. The molecule has 2 aromatic rings. The van der Waals surface area contributed by atoms with Crippen molar-refractivity contribution in [3.63, 3.8) is 0 Å². The molecule has 33 heavy (non-hydrogen) atoms. The normalized spacial score (nSPS) is 17.5. The molecule has 6 nitrogen and oxygen atoms in total. The number of amides is 2. The van der Waals surface area contributed by atoms with Crippen LogP contribution >= 0.6 is 0 Å². The molecule has 1 spiro atoms. The van der Waals surface area contributed by atoms with Crippen molar-refractivity contribution in [2.75, 3.05) is 19.0 Å². The Kier molecular flexibility index (Phi) is 6.25. The van der Waals surface area contributed by atoms with E-state index in [1.54, 1.807) is 19.2 Å². The number of anilines is 1. The molecule has 0 atom stereocenters. The van der Waals surface area contributed by atoms with Crippen molar-refractivity contribution < 1.29 is 27.5 Å². The van der Waals surface area contributed by atoms with E-state index < -0.39 is 29.2 Å². The van der Waals surface area contributed by atoms with Gasteiger partial charge in [0, 0.05) is 18.4 Å². The van der Waals surface area contributed by atoms with Crippen LogP contribution in [0.3, 0.4) is 0 Å². The number of carbonyl (C=O) groups is 2. The first-order chi connectivity index (χ1) is 15.7. The first kappa shape index (κ1) is 23.0. The maximum atomic E-state index is 13.3. The highest BCUT2D eigenvalue weighted by molar-refractivity contribution is 6.48. The lowest BCUT2D eigenvalue weighted by molar-refractivity contribution is -0.145. The summed E-state index contributed by atoms with van der Waals surface area (Å²) in [6, 6.07) is 11.9. The number of hydrogen-bond donors (Lipinski definition) is 1. The van der Waals surface area contributed by atoms with E-state index in [0.717, 1.165) is 30.5 Å². The van der Waals surface area contributed by atoms with Gasteiger partial charge in [-0.1, -0.05) is 30.3 Å². The Morgan fingerprint density at radius 1 is 1.15 bits per heavy atom. The van der Waals surface area contributed by atoms with Crippen molar-refractivity contribution in [2.24, 2.45) is 4.99 Å². The summed E-state index contributed by atoms with van der Waals surface area (Å²) in [6.45, 7) is 0.126. The van der Waals surface area contributed by atoms with Gasteiger partial charge in [0.2, 0.25) is 0 Å². The number of hydrogen-bond acceptors (Lipinski definition) is 5. The molecule has 1 aliphatic heterocycles. The van der Waals surface area contributed by atoms with Crippen molar-refractivity contribution in [2.45, 2.75) is 44.1 Å². The van der Waals surface area contributed by atoms with Crippen LogP contribution in [0.1, 0.15) is 42.4 Å². The topological polar surface area (TPSA) is 71.0 Å². The molecule has 0 aromatic heterocycles. The first-order valence-corrected chi connectivity index (χ1v) is 10.7. The molecule has 1 saturated carbocycles. The molecule has 1 heterocycles. The molecular formula is C24H24F3N3O3. The fourth-order valence-corrected chi connectivity index (χ4v) is 4.40. The summed E-state index contributed by atoms with van der Waals surface area (Å²) in [4.78, 5) is 32.3. The highest BCUT2D eigenvalue weighted by Crippen LogP contribution is 2.41.